The summed E-state index contributed by atoms with van der Waals surface area (Å²) in [5, 5.41) is 24.0. The van der Waals surface area contributed by atoms with Gasteiger partial charge in [0.2, 0.25) is 5.91 Å². The van der Waals surface area contributed by atoms with Crippen LogP contribution in [0.5, 0.6) is 0 Å². The lowest BCUT2D eigenvalue weighted by Gasteiger charge is -2.27. The summed E-state index contributed by atoms with van der Waals surface area (Å²) in [5.74, 6) is -0.767. The van der Waals surface area contributed by atoms with E-state index in [1.54, 1.807) is 31.2 Å². The van der Waals surface area contributed by atoms with Crippen LogP contribution in [0, 0.1) is 17.2 Å². The minimum atomic E-state index is -4.75. The topological polar surface area (TPSA) is 98.0 Å². The van der Waals surface area contributed by atoms with Gasteiger partial charge < -0.3 is 10.4 Å². The number of nitrogens with zero attached hydrogens (tertiary/aromatic N) is 2. The lowest BCUT2D eigenvalue weighted by Crippen LogP contribution is -2.52. The van der Waals surface area contributed by atoms with Crippen LogP contribution in [0.3, 0.4) is 0 Å². The summed E-state index contributed by atoms with van der Waals surface area (Å²) >= 11 is 0. The molecule has 1 saturated carbocycles. The van der Waals surface area contributed by atoms with E-state index in [1.807, 2.05) is 13.8 Å². The number of aliphatic hydroxyl groups excluding tert-OH is 1. The van der Waals surface area contributed by atoms with E-state index in [-0.39, 0.29) is 11.6 Å². The van der Waals surface area contributed by atoms with Gasteiger partial charge in [0.1, 0.15) is 5.54 Å². The molecule has 1 aliphatic rings. The van der Waals surface area contributed by atoms with E-state index in [1.165, 1.54) is 18.3 Å². The molecule has 3 rings (SSSR count). The van der Waals surface area contributed by atoms with Crippen LogP contribution >= 0.6 is 0 Å². The Balaban J connectivity index is 1.79. The first kappa shape index (κ1) is 25.7. The fourth-order valence-corrected chi connectivity index (χ4v) is 3.72. The molecule has 2 aromatic rings. The van der Waals surface area contributed by atoms with E-state index in [4.69, 9.17) is 0 Å². The van der Waals surface area contributed by atoms with Gasteiger partial charge in [-0.1, -0.05) is 44.2 Å². The molecular weight excluding hydrogens is 445 g/mol. The van der Waals surface area contributed by atoms with Gasteiger partial charge in [-0.25, -0.2) is 0 Å². The molecular formula is C25H29F3N4O2. The number of amides is 1. The number of alkyl halides is 3. The van der Waals surface area contributed by atoms with Gasteiger partial charge in [0, 0.05) is 11.8 Å². The predicted octanol–water partition coefficient (Wildman–Crippen LogP) is 4.58. The van der Waals surface area contributed by atoms with E-state index < -0.39 is 35.8 Å². The number of aromatic nitrogens is 1. The fraction of sp³-hybridized carbons (Fsp3) is 0.480. The molecule has 0 bridgehead atoms. The quantitative estimate of drug-likeness (QED) is 0.494. The second-order valence-electron chi connectivity index (χ2n) is 9.27. The van der Waals surface area contributed by atoms with Crippen LogP contribution in [-0.2, 0) is 4.79 Å². The maximum absolute atomic E-state index is 13.9. The number of pyridine rings is 1. The zero-order valence-corrected chi connectivity index (χ0v) is 19.4. The van der Waals surface area contributed by atoms with E-state index in [0.717, 1.165) is 11.1 Å². The van der Waals surface area contributed by atoms with Gasteiger partial charge in [0.15, 0.2) is 6.04 Å². The Morgan fingerprint density at radius 1 is 1.15 bits per heavy atom. The van der Waals surface area contributed by atoms with Gasteiger partial charge in [-0.3, -0.25) is 15.1 Å². The highest BCUT2D eigenvalue weighted by molar-refractivity contribution is 5.82. The molecule has 1 aromatic carbocycles. The number of halogens is 3. The highest BCUT2D eigenvalue weighted by atomic mass is 19.4. The summed E-state index contributed by atoms with van der Waals surface area (Å²) in [5.41, 5.74) is 0.908. The van der Waals surface area contributed by atoms with Crippen LogP contribution in [0.4, 0.5) is 13.2 Å². The largest absolute Gasteiger partial charge is 0.414 e. The molecule has 1 aliphatic carbocycles. The molecule has 1 unspecified atom stereocenters. The number of benzene rings is 1. The third-order valence-corrected chi connectivity index (χ3v) is 5.86. The zero-order valence-electron chi connectivity index (χ0n) is 19.4. The van der Waals surface area contributed by atoms with Crippen molar-refractivity contribution < 1.29 is 23.1 Å². The van der Waals surface area contributed by atoms with Crippen LogP contribution in [0.25, 0.3) is 11.1 Å². The van der Waals surface area contributed by atoms with Crippen molar-refractivity contribution in [1.82, 2.24) is 15.6 Å². The molecule has 34 heavy (non-hydrogen) atoms. The Morgan fingerprint density at radius 3 is 2.21 bits per heavy atom. The van der Waals surface area contributed by atoms with Crippen molar-refractivity contribution in [2.24, 2.45) is 5.92 Å². The van der Waals surface area contributed by atoms with E-state index in [2.05, 4.69) is 21.7 Å². The minimum Gasteiger partial charge on any atom is -0.389 e. The Hall–Kier alpha value is -2.96. The number of hydrogen-bond acceptors (Lipinski definition) is 5. The molecule has 1 aromatic heterocycles. The fourth-order valence-electron chi connectivity index (χ4n) is 3.72. The Kier molecular flexibility index (Phi) is 7.64. The summed E-state index contributed by atoms with van der Waals surface area (Å²) < 4.78 is 41.7. The molecule has 6 nitrogen and oxygen atoms in total. The summed E-state index contributed by atoms with van der Waals surface area (Å²) in [6, 6.07) is 8.68. The molecule has 0 radical (unpaired) electrons. The monoisotopic (exact) mass is 474 g/mol. The maximum Gasteiger partial charge on any atom is 0.414 e. The number of hydrogen-bond donors (Lipinski definition) is 3. The number of nitrogens with one attached hydrogen (secondary N) is 2. The highest BCUT2D eigenvalue weighted by Gasteiger charge is 2.48. The van der Waals surface area contributed by atoms with Gasteiger partial charge in [-0.05, 0) is 49.3 Å². The van der Waals surface area contributed by atoms with Crippen molar-refractivity contribution in [1.29, 1.82) is 5.26 Å². The van der Waals surface area contributed by atoms with Gasteiger partial charge >= 0.3 is 6.18 Å². The normalized spacial score (nSPS) is 17.5. The van der Waals surface area contributed by atoms with Crippen molar-refractivity contribution in [3.63, 3.8) is 0 Å². The molecule has 9 heteroatoms. The van der Waals surface area contributed by atoms with Gasteiger partial charge in [0.25, 0.3) is 0 Å². The summed E-state index contributed by atoms with van der Waals surface area (Å²) in [7, 11) is 0. The standard InChI is InChI=1S/C25H29F3N4O2/c1-15(2)12-21(32-24(14-29)10-11-24)23(34)31-22(25(26,27)28)20-9-8-19(13-30-20)18-6-4-17(5-7-18)16(3)33/h4-9,13,15-16,21-22,32-33H,10-12H2,1-3H3,(H,31,34)/t16?,21-,22-/m0/s1. The van der Waals surface area contributed by atoms with Gasteiger partial charge in [-0.2, -0.15) is 18.4 Å². The van der Waals surface area contributed by atoms with Crippen molar-refractivity contribution >= 4 is 5.91 Å². The molecule has 0 saturated heterocycles. The molecule has 1 amide bonds. The van der Waals surface area contributed by atoms with Crippen molar-refractivity contribution in [3.8, 4) is 17.2 Å². The number of rotatable bonds is 9. The molecule has 0 spiro atoms. The first-order valence-electron chi connectivity index (χ1n) is 11.2. The van der Waals surface area contributed by atoms with Crippen molar-refractivity contribution in [2.75, 3.05) is 0 Å². The molecule has 3 N–H and O–H groups in total. The molecule has 182 valence electrons. The summed E-state index contributed by atoms with van der Waals surface area (Å²) in [6.45, 7) is 5.37. The van der Waals surface area contributed by atoms with Crippen LogP contribution in [-0.4, -0.2) is 33.8 Å². The first-order valence-corrected chi connectivity index (χ1v) is 11.2. The third-order valence-electron chi connectivity index (χ3n) is 5.86. The van der Waals surface area contributed by atoms with E-state index >= 15 is 0 Å². The van der Waals surface area contributed by atoms with Crippen LogP contribution in [0.1, 0.15) is 63.4 Å². The zero-order chi connectivity index (χ0) is 25.1. The first-order chi connectivity index (χ1) is 15.9. The van der Waals surface area contributed by atoms with Gasteiger partial charge in [0.05, 0.1) is 23.9 Å². The van der Waals surface area contributed by atoms with Crippen LogP contribution < -0.4 is 10.6 Å². The third kappa shape index (κ3) is 6.33. The number of aliphatic hydroxyl groups is 1. The lowest BCUT2D eigenvalue weighted by molar-refractivity contribution is -0.165. The Labute approximate surface area is 197 Å². The summed E-state index contributed by atoms with van der Waals surface area (Å²) in [4.78, 5) is 16.9. The second kappa shape index (κ2) is 10.1. The van der Waals surface area contributed by atoms with E-state index in [0.29, 0.717) is 24.8 Å². The van der Waals surface area contributed by atoms with Gasteiger partial charge in [-0.15, -0.1) is 0 Å². The Morgan fingerprint density at radius 2 is 1.76 bits per heavy atom. The number of carbonyl (C=O) groups is 1. The van der Waals surface area contributed by atoms with Crippen LogP contribution in [0.2, 0.25) is 0 Å². The second-order valence-corrected chi connectivity index (χ2v) is 9.27. The average molecular weight is 475 g/mol. The smallest absolute Gasteiger partial charge is 0.389 e. The number of nitriles is 1. The highest BCUT2D eigenvalue weighted by Crippen LogP contribution is 2.36. The predicted molar refractivity (Wildman–Crippen MR) is 121 cm³/mol. The van der Waals surface area contributed by atoms with Crippen LogP contribution in [0.15, 0.2) is 42.6 Å². The average Bonchev–Trinajstić information content (AvgIpc) is 3.56. The molecule has 3 atom stereocenters. The number of carbonyl (C=O) groups excluding carboxylic acids is 1. The molecule has 0 aliphatic heterocycles. The molecule has 1 fully saturated rings. The molecule has 1 heterocycles. The van der Waals surface area contributed by atoms with E-state index in [9.17, 15) is 28.3 Å². The minimum absolute atomic E-state index is 0.0414. The van der Waals surface area contributed by atoms with Crippen molar-refractivity contribution in [3.05, 3.63) is 53.9 Å². The Bertz CT molecular complexity index is 1020. The maximum atomic E-state index is 13.9. The summed E-state index contributed by atoms with van der Waals surface area (Å²) in [6.07, 6.45) is -2.62. The SMILES string of the molecule is CC(C)C[C@H](NC1(C#N)CC1)C(=O)N[C@@H](c1ccc(-c2ccc(C(C)O)cc2)cn1)C(F)(F)F. The van der Waals surface area contributed by atoms with Crippen molar-refractivity contribution in [2.45, 2.75) is 69.9 Å². The lowest BCUT2D eigenvalue weighted by atomic mass is 10.0.